The van der Waals surface area contributed by atoms with Crippen molar-refractivity contribution in [1.82, 2.24) is 4.72 Å². The van der Waals surface area contributed by atoms with Crippen molar-refractivity contribution >= 4 is 21.8 Å². The summed E-state index contributed by atoms with van der Waals surface area (Å²) < 4.78 is 31.7. The van der Waals surface area contributed by atoms with Crippen LogP contribution in [0.4, 0.5) is 0 Å². The van der Waals surface area contributed by atoms with E-state index in [-0.39, 0.29) is 12.0 Å². The van der Waals surface area contributed by atoms with Crippen LogP contribution in [0.5, 0.6) is 5.75 Å². The molecule has 6 nitrogen and oxygen atoms in total. The highest BCUT2D eigenvalue weighted by Gasteiger charge is 2.27. The smallest absolute Gasteiger partial charge is 0.257 e. The van der Waals surface area contributed by atoms with Crippen LogP contribution in [0.1, 0.15) is 66.9 Å². The Hall–Kier alpha value is -2.38. The summed E-state index contributed by atoms with van der Waals surface area (Å²) in [6, 6.07) is 7.33. The molecule has 0 saturated carbocycles. The van der Waals surface area contributed by atoms with Crippen LogP contribution in [0.3, 0.4) is 0 Å². The van der Waals surface area contributed by atoms with Gasteiger partial charge in [0.15, 0.2) is 11.0 Å². The lowest BCUT2D eigenvalue weighted by atomic mass is 10.1. The Bertz CT molecular complexity index is 871. The Morgan fingerprint density at radius 3 is 2.36 bits per heavy atom. The predicted molar refractivity (Wildman–Crippen MR) is 136 cm³/mol. The molecule has 0 aromatic heterocycles. The first-order chi connectivity index (χ1) is 16.0. The van der Waals surface area contributed by atoms with E-state index in [1.165, 1.54) is 17.2 Å². The van der Waals surface area contributed by atoms with Crippen molar-refractivity contribution in [1.29, 1.82) is 0 Å². The summed E-state index contributed by atoms with van der Waals surface area (Å²) in [5.41, 5.74) is 3.11. The van der Waals surface area contributed by atoms with Crippen LogP contribution in [0.15, 0.2) is 53.3 Å². The number of rotatable bonds is 9. The number of nitrogens with one attached hydrogen (secondary N) is 1. The highest BCUT2D eigenvalue weighted by molar-refractivity contribution is 7.93. The van der Waals surface area contributed by atoms with E-state index in [4.69, 9.17) is 14.2 Å². The molecule has 1 aromatic rings. The maximum absolute atomic E-state index is 11.9. The zero-order chi connectivity index (χ0) is 24.8. The normalized spacial score (nSPS) is 19.7. The highest BCUT2D eigenvalue weighted by atomic mass is 32.2. The van der Waals surface area contributed by atoms with Gasteiger partial charge in [0.2, 0.25) is 0 Å². The van der Waals surface area contributed by atoms with Crippen molar-refractivity contribution < 1.29 is 23.2 Å². The van der Waals surface area contributed by atoms with Crippen LogP contribution in [-0.4, -0.2) is 36.0 Å². The number of hydrogen-bond donors (Lipinski definition) is 1. The minimum Gasteiger partial charge on any atom is -0.491 e. The summed E-state index contributed by atoms with van der Waals surface area (Å²) in [6.45, 7) is 15.8. The Labute approximate surface area is 201 Å². The quantitative estimate of drug-likeness (QED) is 0.365. The molecule has 7 heteroatoms. The van der Waals surface area contributed by atoms with Gasteiger partial charge in [0, 0.05) is 12.7 Å². The van der Waals surface area contributed by atoms with Gasteiger partial charge in [0.1, 0.15) is 24.2 Å². The minimum absolute atomic E-state index is 0.00985. The van der Waals surface area contributed by atoms with Crippen LogP contribution >= 0.6 is 0 Å². The molecule has 0 spiro atoms. The molecule has 2 aliphatic rings. The van der Waals surface area contributed by atoms with Gasteiger partial charge >= 0.3 is 0 Å². The van der Waals surface area contributed by atoms with Crippen LogP contribution in [0.25, 0.3) is 4.91 Å². The molecule has 1 amide bonds. The number of hydrogen-bond acceptors (Lipinski definition) is 5. The summed E-state index contributed by atoms with van der Waals surface area (Å²) in [5.74, 6) is 1.31. The fraction of sp³-hybridized carbons (Fsp3) is 0.500. The summed E-state index contributed by atoms with van der Waals surface area (Å²) >= 11 is 0. The molecule has 1 aromatic carbocycles. The third kappa shape index (κ3) is 8.16. The number of ether oxygens (including phenoxy) is 3. The number of benzene rings is 1. The Kier molecular flexibility index (Phi) is 13.4. The largest absolute Gasteiger partial charge is 0.491 e. The fourth-order valence-electron chi connectivity index (χ4n) is 3.45. The molecular formula is C26H39NO5S. The maximum atomic E-state index is 11.9. The summed E-state index contributed by atoms with van der Waals surface area (Å²) in [4.78, 5) is 11.8. The van der Waals surface area contributed by atoms with E-state index in [9.17, 15) is 9.00 Å². The number of amides is 1. The molecule has 33 heavy (non-hydrogen) atoms. The molecular weight excluding hydrogens is 438 g/mol. The topological polar surface area (TPSA) is 73.9 Å². The van der Waals surface area contributed by atoms with E-state index in [1.807, 2.05) is 71.9 Å². The lowest BCUT2D eigenvalue weighted by Crippen LogP contribution is -2.16. The van der Waals surface area contributed by atoms with Crippen molar-refractivity contribution in [2.45, 2.75) is 67.4 Å². The molecule has 1 aliphatic carbocycles. The van der Waals surface area contributed by atoms with Gasteiger partial charge in [0.25, 0.3) is 5.91 Å². The average Bonchev–Trinajstić information content (AvgIpc) is 3.38. The molecule has 0 radical (unpaired) electrons. The van der Waals surface area contributed by atoms with Gasteiger partial charge in [-0.05, 0) is 68.5 Å². The van der Waals surface area contributed by atoms with Gasteiger partial charge in [-0.2, -0.15) is 0 Å². The molecule has 0 bridgehead atoms. The lowest BCUT2D eigenvalue weighted by molar-refractivity contribution is -0.114. The van der Waals surface area contributed by atoms with Gasteiger partial charge in [-0.1, -0.05) is 39.8 Å². The number of allylic oxidation sites excluding steroid dienone is 2. The SMILES string of the molecule is C/C=C(/OCCOCC)C1=C(C)C(Oc2ccc(C3=CC(=O)NS3=O)cc2)CC1.CC.CC. The third-order valence-electron chi connectivity index (χ3n) is 4.94. The molecule has 0 fully saturated rings. The second-order valence-corrected chi connectivity index (χ2v) is 7.95. The van der Waals surface area contributed by atoms with Crippen LogP contribution in [0, 0.1) is 0 Å². The van der Waals surface area contributed by atoms with Crippen LogP contribution in [0.2, 0.25) is 0 Å². The molecule has 1 aliphatic heterocycles. The van der Waals surface area contributed by atoms with Crippen molar-refractivity contribution in [3.63, 3.8) is 0 Å². The van der Waals surface area contributed by atoms with Gasteiger partial charge in [-0.25, -0.2) is 4.21 Å². The van der Waals surface area contributed by atoms with Crippen LogP contribution in [-0.2, 0) is 25.3 Å². The zero-order valence-corrected chi connectivity index (χ0v) is 21.8. The second-order valence-electron chi connectivity index (χ2n) is 6.77. The lowest BCUT2D eigenvalue weighted by Gasteiger charge is -2.16. The predicted octanol–water partition coefficient (Wildman–Crippen LogP) is 5.69. The first-order valence-corrected chi connectivity index (χ1v) is 13.0. The molecule has 184 valence electrons. The Morgan fingerprint density at radius 1 is 1.15 bits per heavy atom. The monoisotopic (exact) mass is 477 g/mol. The molecule has 0 saturated heterocycles. The minimum atomic E-state index is -1.49. The van der Waals surface area contributed by atoms with E-state index in [0.717, 1.165) is 29.9 Å². The summed E-state index contributed by atoms with van der Waals surface area (Å²) in [5, 5.41) is 0. The van der Waals surface area contributed by atoms with Crippen molar-refractivity contribution in [2.75, 3.05) is 19.8 Å². The molecule has 1 heterocycles. The highest BCUT2D eigenvalue weighted by Crippen LogP contribution is 2.35. The average molecular weight is 478 g/mol. The molecule has 1 N–H and O–H groups in total. The van der Waals surface area contributed by atoms with E-state index < -0.39 is 11.0 Å². The standard InChI is InChI=1S/C22H27NO5S.2C2H6/c1-4-19(27-13-12-26-5-2)18-10-11-20(15(18)3)28-17-8-6-16(7-9-17)21-14-22(24)23-29(21)25;2*1-2/h4,6-9,14,20H,5,10-13H2,1-3H3,(H,23,24);2*1-2H3/b19-4+;;. The Morgan fingerprint density at radius 2 is 1.82 bits per heavy atom. The van der Waals surface area contributed by atoms with E-state index in [1.54, 1.807) is 0 Å². The van der Waals surface area contributed by atoms with Gasteiger partial charge in [-0.3, -0.25) is 9.52 Å². The summed E-state index contributed by atoms with van der Waals surface area (Å²) in [6.07, 6.45) is 5.15. The van der Waals surface area contributed by atoms with E-state index >= 15 is 0 Å². The van der Waals surface area contributed by atoms with E-state index in [0.29, 0.717) is 24.7 Å². The number of carbonyl (C=O) groups is 1. The summed E-state index contributed by atoms with van der Waals surface area (Å²) in [7, 11) is -1.49. The van der Waals surface area contributed by atoms with E-state index in [2.05, 4.69) is 11.6 Å². The molecule has 3 rings (SSSR count). The first-order valence-electron chi connectivity index (χ1n) is 11.8. The van der Waals surface area contributed by atoms with Gasteiger partial charge in [0.05, 0.1) is 11.5 Å². The van der Waals surface area contributed by atoms with Gasteiger partial charge < -0.3 is 14.2 Å². The molecule has 2 unspecified atom stereocenters. The third-order valence-corrected chi connectivity index (χ3v) is 6.08. The first kappa shape index (κ1) is 28.7. The zero-order valence-electron chi connectivity index (χ0n) is 21.0. The van der Waals surface area contributed by atoms with Gasteiger partial charge in [-0.15, -0.1) is 0 Å². The number of carbonyl (C=O) groups excluding carboxylic acids is 1. The van der Waals surface area contributed by atoms with Crippen molar-refractivity contribution in [2.24, 2.45) is 0 Å². The van der Waals surface area contributed by atoms with Crippen molar-refractivity contribution in [3.05, 3.63) is 58.9 Å². The second kappa shape index (κ2) is 15.5. The Balaban J connectivity index is 0.00000129. The van der Waals surface area contributed by atoms with Crippen molar-refractivity contribution in [3.8, 4) is 5.75 Å². The van der Waals surface area contributed by atoms with Crippen LogP contribution < -0.4 is 9.46 Å². The molecule has 2 atom stereocenters. The fourth-order valence-corrected chi connectivity index (χ4v) is 4.36. The maximum Gasteiger partial charge on any atom is 0.257 e.